The molecule has 5 rings (SSSR count). The van der Waals surface area contributed by atoms with Gasteiger partial charge in [-0.05, 0) is 80.9 Å². The number of fused-ring (bicyclic) bond motifs is 1. The second-order valence-corrected chi connectivity index (χ2v) is 10.8. The molecule has 1 saturated carbocycles. The molecule has 2 aliphatic rings. The monoisotopic (exact) mass is 497 g/mol. The van der Waals surface area contributed by atoms with Crippen LogP contribution in [-0.4, -0.2) is 42.6 Å². The first-order valence-corrected chi connectivity index (χ1v) is 13.8. The number of aryl methyl sites for hydroxylation is 1. The van der Waals surface area contributed by atoms with Crippen molar-refractivity contribution in [3.8, 4) is 0 Å². The van der Waals surface area contributed by atoms with Crippen LogP contribution in [0.4, 0.5) is 11.8 Å². The first kappa shape index (κ1) is 25.2. The predicted octanol–water partition coefficient (Wildman–Crippen LogP) is 5.41. The van der Waals surface area contributed by atoms with Gasteiger partial charge in [-0.1, -0.05) is 48.5 Å². The lowest BCUT2D eigenvalue weighted by atomic mass is 9.86. The van der Waals surface area contributed by atoms with Crippen LogP contribution in [0, 0.1) is 5.92 Å². The molecule has 2 aliphatic carbocycles. The van der Waals surface area contributed by atoms with Gasteiger partial charge in [-0.15, -0.1) is 0 Å². The van der Waals surface area contributed by atoms with Crippen LogP contribution in [-0.2, 0) is 19.3 Å². The number of nitrogens with zero attached hydrogens (tertiary/aromatic N) is 3. The summed E-state index contributed by atoms with van der Waals surface area (Å²) in [5.74, 6) is 2.38. The molecular formula is C31H39N5O. The molecule has 2 aromatic carbocycles. The van der Waals surface area contributed by atoms with Gasteiger partial charge < -0.3 is 15.5 Å². The van der Waals surface area contributed by atoms with Crippen LogP contribution in [0.25, 0.3) is 0 Å². The van der Waals surface area contributed by atoms with E-state index < -0.39 is 0 Å². The van der Waals surface area contributed by atoms with Crippen LogP contribution < -0.4 is 15.5 Å². The van der Waals surface area contributed by atoms with Crippen molar-refractivity contribution in [2.24, 2.45) is 5.92 Å². The van der Waals surface area contributed by atoms with Gasteiger partial charge in [-0.2, -0.15) is 4.98 Å². The molecule has 0 bridgehead atoms. The molecule has 0 unspecified atom stereocenters. The number of rotatable bonds is 8. The quantitative estimate of drug-likeness (QED) is 0.435. The smallest absolute Gasteiger partial charge is 0.251 e. The Kier molecular flexibility index (Phi) is 8.02. The van der Waals surface area contributed by atoms with Crippen LogP contribution in [0.15, 0.2) is 54.6 Å². The summed E-state index contributed by atoms with van der Waals surface area (Å²) < 4.78 is 0. The minimum Gasteiger partial charge on any atom is -0.362 e. The highest BCUT2D eigenvalue weighted by Crippen LogP contribution is 2.30. The lowest BCUT2D eigenvalue weighted by molar-refractivity contribution is 0.0942. The van der Waals surface area contributed by atoms with Crippen molar-refractivity contribution in [2.45, 2.75) is 63.8 Å². The molecule has 0 spiro atoms. The molecule has 2 N–H and O–H groups in total. The Hall–Kier alpha value is -3.41. The Bertz CT molecular complexity index is 1200. The van der Waals surface area contributed by atoms with Crippen LogP contribution in [0.1, 0.15) is 71.3 Å². The third kappa shape index (κ3) is 6.30. The number of aromatic nitrogens is 2. The van der Waals surface area contributed by atoms with Crippen molar-refractivity contribution in [1.82, 2.24) is 15.3 Å². The molecule has 1 aromatic heterocycles. The van der Waals surface area contributed by atoms with Crippen molar-refractivity contribution >= 4 is 17.7 Å². The first-order chi connectivity index (χ1) is 18.1. The number of amides is 1. The molecule has 37 heavy (non-hydrogen) atoms. The summed E-state index contributed by atoms with van der Waals surface area (Å²) in [7, 11) is 4.14. The van der Waals surface area contributed by atoms with Crippen LogP contribution in [0.5, 0.6) is 0 Å². The van der Waals surface area contributed by atoms with E-state index >= 15 is 0 Å². The fourth-order valence-electron chi connectivity index (χ4n) is 5.75. The fraction of sp³-hybridized carbons (Fsp3) is 0.452. The number of anilines is 2. The average Bonchev–Trinajstić information content (AvgIpc) is 2.93. The Morgan fingerprint density at radius 3 is 2.43 bits per heavy atom. The maximum absolute atomic E-state index is 13.1. The van der Waals surface area contributed by atoms with Crippen molar-refractivity contribution in [3.63, 3.8) is 0 Å². The van der Waals surface area contributed by atoms with E-state index in [1.165, 1.54) is 29.7 Å². The summed E-state index contributed by atoms with van der Waals surface area (Å²) in [6.07, 6.45) is 9.66. The average molecular weight is 498 g/mol. The second-order valence-electron chi connectivity index (χ2n) is 10.8. The molecule has 0 radical (unpaired) electrons. The SMILES string of the molecule is CN(C)c1nc(N[C@H]2CC[C@@H](CNC(=O)c3ccccc3Cc3ccccc3)CC2)nc2c1CCCC2. The predicted molar refractivity (Wildman–Crippen MR) is 150 cm³/mol. The van der Waals surface area contributed by atoms with E-state index in [9.17, 15) is 4.79 Å². The van der Waals surface area contributed by atoms with Gasteiger partial charge in [-0.25, -0.2) is 4.98 Å². The molecule has 1 amide bonds. The van der Waals surface area contributed by atoms with Gasteiger partial charge in [0.25, 0.3) is 5.91 Å². The van der Waals surface area contributed by atoms with Gasteiger partial charge in [0, 0.05) is 37.8 Å². The maximum Gasteiger partial charge on any atom is 0.251 e. The van der Waals surface area contributed by atoms with Gasteiger partial charge in [-0.3, -0.25) is 4.79 Å². The highest BCUT2D eigenvalue weighted by atomic mass is 16.1. The summed E-state index contributed by atoms with van der Waals surface area (Å²) in [5.41, 5.74) is 5.61. The van der Waals surface area contributed by atoms with Crippen molar-refractivity contribution < 1.29 is 4.79 Å². The van der Waals surface area contributed by atoms with Gasteiger partial charge in [0.1, 0.15) is 5.82 Å². The minimum absolute atomic E-state index is 0.0328. The van der Waals surface area contributed by atoms with E-state index in [0.717, 1.165) is 74.4 Å². The normalized spacial score (nSPS) is 19.1. The highest BCUT2D eigenvalue weighted by molar-refractivity contribution is 5.95. The van der Waals surface area contributed by atoms with E-state index in [0.29, 0.717) is 12.0 Å². The van der Waals surface area contributed by atoms with Crippen LogP contribution >= 0.6 is 0 Å². The lowest BCUT2D eigenvalue weighted by Gasteiger charge is -2.30. The van der Waals surface area contributed by atoms with E-state index in [1.807, 2.05) is 36.4 Å². The van der Waals surface area contributed by atoms with Gasteiger partial charge in [0.05, 0.1) is 5.69 Å². The van der Waals surface area contributed by atoms with Crippen LogP contribution in [0.2, 0.25) is 0 Å². The second kappa shape index (κ2) is 11.8. The number of hydrogen-bond donors (Lipinski definition) is 2. The molecule has 1 fully saturated rings. The van der Waals surface area contributed by atoms with Gasteiger partial charge in [0.2, 0.25) is 5.95 Å². The molecule has 3 aromatic rings. The summed E-state index contributed by atoms with van der Waals surface area (Å²) in [6.45, 7) is 0.728. The molecule has 0 aliphatic heterocycles. The van der Waals surface area contributed by atoms with E-state index in [-0.39, 0.29) is 5.91 Å². The minimum atomic E-state index is 0.0328. The maximum atomic E-state index is 13.1. The Morgan fingerprint density at radius 1 is 0.919 bits per heavy atom. The summed E-state index contributed by atoms with van der Waals surface area (Å²) in [5, 5.41) is 6.86. The first-order valence-electron chi connectivity index (χ1n) is 13.8. The number of carbonyl (C=O) groups is 1. The third-order valence-electron chi connectivity index (χ3n) is 7.82. The Labute approximate surface area is 220 Å². The molecule has 194 valence electrons. The van der Waals surface area contributed by atoms with E-state index in [4.69, 9.17) is 9.97 Å². The van der Waals surface area contributed by atoms with Crippen LogP contribution in [0.3, 0.4) is 0 Å². The van der Waals surface area contributed by atoms with Gasteiger partial charge >= 0.3 is 0 Å². The summed E-state index contributed by atoms with van der Waals surface area (Å²) in [6, 6.07) is 18.7. The molecular weight excluding hydrogens is 458 g/mol. The van der Waals surface area contributed by atoms with E-state index in [1.54, 1.807) is 0 Å². The van der Waals surface area contributed by atoms with Crippen molar-refractivity contribution in [3.05, 3.63) is 82.5 Å². The molecule has 6 heteroatoms. The Balaban J connectivity index is 1.13. The Morgan fingerprint density at radius 2 is 1.65 bits per heavy atom. The fourth-order valence-corrected chi connectivity index (χ4v) is 5.75. The number of carbonyl (C=O) groups excluding carboxylic acids is 1. The number of hydrogen-bond acceptors (Lipinski definition) is 5. The zero-order chi connectivity index (χ0) is 25.6. The standard InChI is InChI=1S/C31H39N5O/c1-36(2)29-27-14-8-9-15-28(27)34-31(35-29)33-25-18-16-23(17-19-25)21-32-30(37)26-13-7-6-12-24(26)20-22-10-4-3-5-11-22/h3-7,10-13,23,25H,8-9,14-21H2,1-2H3,(H,32,37)(H,33,34,35)/t23-,25+. The molecule has 6 nitrogen and oxygen atoms in total. The highest BCUT2D eigenvalue weighted by Gasteiger charge is 2.24. The zero-order valence-electron chi connectivity index (χ0n) is 22.2. The van der Waals surface area contributed by atoms with E-state index in [2.05, 4.69) is 47.8 Å². The summed E-state index contributed by atoms with van der Waals surface area (Å²) in [4.78, 5) is 25.0. The molecule has 0 saturated heterocycles. The van der Waals surface area contributed by atoms with Gasteiger partial charge in [0.15, 0.2) is 0 Å². The third-order valence-corrected chi connectivity index (χ3v) is 7.82. The molecule has 0 atom stereocenters. The topological polar surface area (TPSA) is 70.2 Å². The molecule has 1 heterocycles. The van der Waals surface area contributed by atoms with Crippen molar-refractivity contribution in [2.75, 3.05) is 30.9 Å². The largest absolute Gasteiger partial charge is 0.362 e. The van der Waals surface area contributed by atoms with Crippen molar-refractivity contribution in [1.29, 1.82) is 0 Å². The number of nitrogens with one attached hydrogen (secondary N) is 2. The lowest BCUT2D eigenvalue weighted by Crippen LogP contribution is -2.34. The zero-order valence-corrected chi connectivity index (χ0v) is 22.2. The summed E-state index contributed by atoms with van der Waals surface area (Å²) >= 11 is 0. The number of benzene rings is 2.